The smallest absolute Gasteiger partial charge is 0.322 e. The van der Waals surface area contributed by atoms with Crippen molar-refractivity contribution in [1.29, 1.82) is 0 Å². The van der Waals surface area contributed by atoms with Gasteiger partial charge in [0.2, 0.25) is 6.41 Å². The first-order valence-electron chi connectivity index (χ1n) is 9.16. The summed E-state index contributed by atoms with van der Waals surface area (Å²) in [4.78, 5) is 36.8. The molecule has 30 heavy (non-hydrogen) atoms. The Balaban J connectivity index is 1.82. The lowest BCUT2D eigenvalue weighted by Crippen LogP contribution is -2.46. The maximum Gasteiger partial charge on any atom is 0.322 e. The Morgan fingerprint density at radius 2 is 2.17 bits per heavy atom. The summed E-state index contributed by atoms with van der Waals surface area (Å²) in [5.41, 5.74) is 2.96. The average molecular weight is 426 g/mol. The monoisotopic (exact) mass is 425 g/mol. The van der Waals surface area contributed by atoms with Gasteiger partial charge in [0.1, 0.15) is 11.8 Å². The highest BCUT2D eigenvalue weighted by Gasteiger charge is 2.29. The molecule has 154 valence electrons. The molecule has 7 nitrogen and oxygen atoms in total. The van der Waals surface area contributed by atoms with Crippen LogP contribution in [-0.2, 0) is 11.3 Å². The number of rotatable bonds is 5. The molecule has 0 fully saturated rings. The minimum atomic E-state index is -0.705. The first kappa shape index (κ1) is 21.2. The Morgan fingerprint density at radius 1 is 1.37 bits per heavy atom. The molecule has 1 aliphatic heterocycles. The minimum Gasteiger partial charge on any atom is -0.497 e. The Kier molecular flexibility index (Phi) is 6.60. The van der Waals surface area contributed by atoms with Gasteiger partial charge >= 0.3 is 6.03 Å². The van der Waals surface area contributed by atoms with E-state index in [-0.39, 0.29) is 18.9 Å². The van der Waals surface area contributed by atoms with Gasteiger partial charge in [-0.3, -0.25) is 14.9 Å². The fourth-order valence-electron chi connectivity index (χ4n) is 3.12. The second-order valence-corrected chi connectivity index (χ2v) is 7.09. The van der Waals surface area contributed by atoms with E-state index >= 15 is 0 Å². The molecule has 0 saturated carbocycles. The minimum absolute atomic E-state index is 0.148. The highest BCUT2D eigenvalue weighted by atomic mass is 35.5. The number of fused-ring (bicyclic) bond motifs is 1. The molecule has 0 unspecified atom stereocenters. The molecule has 0 radical (unpaired) electrons. The van der Waals surface area contributed by atoms with Crippen LogP contribution in [-0.4, -0.2) is 42.9 Å². The maximum absolute atomic E-state index is 12.8. The van der Waals surface area contributed by atoms with Crippen molar-refractivity contribution in [3.05, 3.63) is 63.7 Å². The lowest BCUT2D eigenvalue weighted by Gasteiger charge is -2.21. The van der Waals surface area contributed by atoms with Crippen LogP contribution in [0.3, 0.4) is 0 Å². The van der Waals surface area contributed by atoms with Crippen molar-refractivity contribution >= 4 is 29.9 Å². The molecule has 1 aliphatic rings. The molecule has 1 atom stereocenters. The van der Waals surface area contributed by atoms with Gasteiger partial charge in [0.05, 0.1) is 13.7 Å². The third-order valence-electron chi connectivity index (χ3n) is 4.74. The zero-order chi connectivity index (χ0) is 21.7. The van der Waals surface area contributed by atoms with Crippen molar-refractivity contribution in [2.75, 3.05) is 13.7 Å². The molecule has 2 aromatic carbocycles. The Labute approximate surface area is 179 Å². The SMILES string of the molecule is COc1ccc2c(c1)C(=O)N(C[C@@H](C#Cc1cccc(Cl)c1C)NC(=O)NC=O)C2. The van der Waals surface area contributed by atoms with E-state index in [0.29, 0.717) is 28.4 Å². The normalized spacial score (nSPS) is 13.0. The molecular weight excluding hydrogens is 406 g/mol. The van der Waals surface area contributed by atoms with E-state index < -0.39 is 12.1 Å². The number of nitrogens with zero attached hydrogens (tertiary/aromatic N) is 1. The number of urea groups is 1. The largest absolute Gasteiger partial charge is 0.497 e. The van der Waals surface area contributed by atoms with Crippen LogP contribution < -0.4 is 15.4 Å². The molecule has 2 N–H and O–H groups in total. The standard InChI is InChI=1S/C22H20ClN3O4/c1-14-15(4-3-5-20(14)23)6-8-17(25-22(29)24-13-27)12-26-11-16-7-9-18(30-2)10-19(16)21(26)28/h3-5,7,9-10,13,17H,11-12H2,1-2H3,(H2,24,25,27,29)/t17-/m1/s1. The Morgan fingerprint density at radius 3 is 2.90 bits per heavy atom. The highest BCUT2D eigenvalue weighted by molar-refractivity contribution is 6.31. The summed E-state index contributed by atoms with van der Waals surface area (Å²) in [6.45, 7) is 2.39. The first-order chi connectivity index (χ1) is 14.4. The van der Waals surface area contributed by atoms with E-state index in [2.05, 4.69) is 17.2 Å². The third kappa shape index (κ3) is 4.73. The number of ether oxygens (including phenoxy) is 1. The van der Waals surface area contributed by atoms with Crippen LogP contribution in [0.25, 0.3) is 0 Å². The predicted octanol–water partition coefficient (Wildman–Crippen LogP) is 2.49. The molecule has 8 heteroatoms. The summed E-state index contributed by atoms with van der Waals surface area (Å²) >= 11 is 6.14. The zero-order valence-electron chi connectivity index (χ0n) is 16.5. The van der Waals surface area contributed by atoms with Gasteiger partial charge in [-0.15, -0.1) is 0 Å². The number of methoxy groups -OCH3 is 1. The second-order valence-electron chi connectivity index (χ2n) is 6.68. The summed E-state index contributed by atoms with van der Waals surface area (Å²) in [5.74, 6) is 6.40. The van der Waals surface area contributed by atoms with E-state index in [1.165, 1.54) is 7.11 Å². The van der Waals surface area contributed by atoms with Crippen molar-refractivity contribution in [2.24, 2.45) is 0 Å². The first-order valence-corrected chi connectivity index (χ1v) is 9.54. The highest BCUT2D eigenvalue weighted by Crippen LogP contribution is 2.26. The van der Waals surface area contributed by atoms with Crippen molar-refractivity contribution in [3.63, 3.8) is 0 Å². The van der Waals surface area contributed by atoms with Crippen LogP contribution in [0.2, 0.25) is 5.02 Å². The van der Waals surface area contributed by atoms with Crippen LogP contribution in [0.4, 0.5) is 4.79 Å². The van der Waals surface area contributed by atoms with Gasteiger partial charge in [-0.2, -0.15) is 0 Å². The number of carbonyl (C=O) groups is 3. The molecular formula is C22H20ClN3O4. The third-order valence-corrected chi connectivity index (χ3v) is 5.15. The van der Waals surface area contributed by atoms with Gasteiger partial charge in [0, 0.05) is 22.7 Å². The van der Waals surface area contributed by atoms with Gasteiger partial charge in [0.15, 0.2) is 0 Å². The summed E-state index contributed by atoms with van der Waals surface area (Å²) in [6, 6.07) is 9.30. The van der Waals surface area contributed by atoms with Gasteiger partial charge in [-0.1, -0.05) is 35.6 Å². The topological polar surface area (TPSA) is 87.7 Å². The summed E-state index contributed by atoms with van der Waals surface area (Å²) in [7, 11) is 1.54. The summed E-state index contributed by atoms with van der Waals surface area (Å²) in [6.07, 6.45) is 0.282. The number of hydrogen-bond donors (Lipinski definition) is 2. The number of halogens is 1. The van der Waals surface area contributed by atoms with E-state index in [1.807, 2.05) is 24.4 Å². The fourth-order valence-corrected chi connectivity index (χ4v) is 3.30. The van der Waals surface area contributed by atoms with E-state index in [0.717, 1.165) is 11.1 Å². The fraction of sp³-hybridized carbons (Fsp3) is 0.227. The van der Waals surface area contributed by atoms with E-state index in [9.17, 15) is 14.4 Å². The molecule has 4 amide bonds. The average Bonchev–Trinajstić information content (AvgIpc) is 3.03. The number of benzene rings is 2. The van der Waals surface area contributed by atoms with Crippen molar-refractivity contribution in [3.8, 4) is 17.6 Å². The number of imide groups is 1. The maximum atomic E-state index is 12.8. The number of carbonyl (C=O) groups excluding carboxylic acids is 3. The molecule has 0 spiro atoms. The van der Waals surface area contributed by atoms with E-state index in [4.69, 9.17) is 16.3 Å². The molecule has 0 aromatic heterocycles. The lowest BCUT2D eigenvalue weighted by atomic mass is 10.1. The predicted molar refractivity (Wildman–Crippen MR) is 112 cm³/mol. The van der Waals surface area contributed by atoms with Crippen LogP contribution >= 0.6 is 11.6 Å². The van der Waals surface area contributed by atoms with Gasteiger partial charge in [-0.25, -0.2) is 4.79 Å². The van der Waals surface area contributed by atoms with E-state index in [1.54, 1.807) is 29.2 Å². The lowest BCUT2D eigenvalue weighted by molar-refractivity contribution is -0.108. The number of amides is 4. The van der Waals surface area contributed by atoms with Crippen LogP contribution in [0.1, 0.15) is 27.0 Å². The van der Waals surface area contributed by atoms with Gasteiger partial charge in [-0.05, 0) is 42.3 Å². The van der Waals surface area contributed by atoms with Crippen molar-refractivity contribution in [1.82, 2.24) is 15.5 Å². The number of nitrogens with one attached hydrogen (secondary N) is 2. The van der Waals surface area contributed by atoms with Gasteiger partial charge in [0.25, 0.3) is 5.91 Å². The molecule has 0 saturated heterocycles. The molecule has 0 aliphatic carbocycles. The Hall–Kier alpha value is -3.50. The molecule has 3 rings (SSSR count). The van der Waals surface area contributed by atoms with Gasteiger partial charge < -0.3 is 15.0 Å². The van der Waals surface area contributed by atoms with Crippen molar-refractivity contribution in [2.45, 2.75) is 19.5 Å². The molecule has 2 aromatic rings. The van der Waals surface area contributed by atoms with Crippen LogP contribution in [0.5, 0.6) is 5.75 Å². The molecule has 1 heterocycles. The van der Waals surface area contributed by atoms with Crippen LogP contribution in [0, 0.1) is 18.8 Å². The number of hydrogen-bond acceptors (Lipinski definition) is 4. The van der Waals surface area contributed by atoms with Crippen LogP contribution in [0.15, 0.2) is 36.4 Å². The molecule has 0 bridgehead atoms. The zero-order valence-corrected chi connectivity index (χ0v) is 17.2. The summed E-state index contributed by atoms with van der Waals surface area (Å²) in [5, 5.41) is 5.22. The quantitative estimate of drug-likeness (QED) is 0.569. The second kappa shape index (κ2) is 9.33. The Bertz CT molecular complexity index is 1060. The van der Waals surface area contributed by atoms with Crippen molar-refractivity contribution < 1.29 is 19.1 Å². The summed E-state index contributed by atoms with van der Waals surface area (Å²) < 4.78 is 5.19.